The molecule has 0 spiro atoms. The van der Waals surface area contributed by atoms with Gasteiger partial charge in [0.05, 0.1) is 11.6 Å². The fourth-order valence-corrected chi connectivity index (χ4v) is 2.32. The second-order valence-corrected chi connectivity index (χ2v) is 4.86. The molecule has 0 aliphatic carbocycles. The molecule has 2 nitrogen and oxygen atoms in total. The van der Waals surface area contributed by atoms with Crippen molar-refractivity contribution < 1.29 is 4.42 Å². The fourth-order valence-electron chi connectivity index (χ4n) is 2.01. The third-order valence-electron chi connectivity index (χ3n) is 2.95. The van der Waals surface area contributed by atoms with Crippen LogP contribution in [0.1, 0.15) is 30.2 Å². The van der Waals surface area contributed by atoms with E-state index in [0.717, 1.165) is 36.2 Å². The van der Waals surface area contributed by atoms with Gasteiger partial charge in [0.25, 0.3) is 0 Å². The summed E-state index contributed by atoms with van der Waals surface area (Å²) < 4.78 is 5.84. The zero-order valence-corrected chi connectivity index (χ0v) is 11.3. The third-order valence-corrected chi connectivity index (χ3v) is 3.23. The van der Waals surface area contributed by atoms with Crippen molar-refractivity contribution in [3.63, 3.8) is 0 Å². The van der Waals surface area contributed by atoms with Crippen LogP contribution >= 0.6 is 11.6 Å². The highest BCUT2D eigenvalue weighted by molar-refractivity contribution is 6.35. The van der Waals surface area contributed by atoms with Crippen LogP contribution in [0.15, 0.2) is 16.5 Å². The van der Waals surface area contributed by atoms with E-state index in [1.54, 1.807) is 0 Å². The smallest absolute Gasteiger partial charge is 0.153 e. The monoisotopic (exact) mass is 251 g/mol. The topological polar surface area (TPSA) is 25.2 Å². The summed E-state index contributed by atoms with van der Waals surface area (Å²) >= 11 is 6.19. The minimum absolute atomic E-state index is 0.699. The van der Waals surface area contributed by atoms with E-state index in [-0.39, 0.29) is 0 Å². The molecule has 0 atom stereocenters. The fraction of sp³-hybridized carbons (Fsp3) is 0.429. The van der Waals surface area contributed by atoms with Crippen LogP contribution in [0.3, 0.4) is 0 Å². The number of halogens is 1. The Hall–Kier alpha value is -0.990. The Bertz CT molecular complexity index is 530. The molecule has 0 fully saturated rings. The first-order valence-electron chi connectivity index (χ1n) is 6.02. The van der Waals surface area contributed by atoms with E-state index < -0.39 is 0 Å². The normalized spacial score (nSPS) is 11.3. The Morgan fingerprint density at radius 2 is 2.06 bits per heavy atom. The molecule has 0 aliphatic heterocycles. The maximum absolute atomic E-state index is 6.19. The van der Waals surface area contributed by atoms with Gasteiger partial charge < -0.3 is 9.73 Å². The molecule has 2 aromatic rings. The van der Waals surface area contributed by atoms with E-state index in [9.17, 15) is 0 Å². The molecule has 0 saturated heterocycles. The van der Waals surface area contributed by atoms with Crippen LogP contribution in [0.5, 0.6) is 0 Å². The molecule has 0 unspecified atom stereocenters. The highest BCUT2D eigenvalue weighted by Crippen LogP contribution is 2.31. The summed E-state index contributed by atoms with van der Waals surface area (Å²) in [6.45, 7) is 8.06. The van der Waals surface area contributed by atoms with E-state index in [1.165, 1.54) is 11.1 Å². The summed E-state index contributed by atoms with van der Waals surface area (Å²) in [5.74, 6) is 0.987. The molecule has 0 radical (unpaired) electrons. The Balaban J connectivity index is 2.39. The Morgan fingerprint density at radius 1 is 1.29 bits per heavy atom. The molecule has 92 valence electrons. The summed E-state index contributed by atoms with van der Waals surface area (Å²) in [5.41, 5.74) is 3.16. The molecule has 0 bridgehead atoms. The number of benzene rings is 1. The van der Waals surface area contributed by atoms with Crippen LogP contribution in [0.4, 0.5) is 0 Å². The number of nitrogens with one attached hydrogen (secondary N) is 1. The number of hydrogen-bond acceptors (Lipinski definition) is 2. The molecule has 1 heterocycles. The van der Waals surface area contributed by atoms with Crippen LogP contribution < -0.4 is 5.32 Å². The summed E-state index contributed by atoms with van der Waals surface area (Å²) in [5, 5.41) is 5.18. The highest BCUT2D eigenvalue weighted by Gasteiger charge is 2.12. The first-order chi connectivity index (χ1) is 8.13. The van der Waals surface area contributed by atoms with E-state index in [0.29, 0.717) is 5.02 Å². The van der Waals surface area contributed by atoms with Crippen LogP contribution in [-0.4, -0.2) is 6.54 Å². The lowest BCUT2D eigenvalue weighted by atomic mass is 10.1. The molecule has 3 heteroatoms. The van der Waals surface area contributed by atoms with Crippen molar-refractivity contribution >= 4 is 22.6 Å². The van der Waals surface area contributed by atoms with Crippen molar-refractivity contribution in [2.45, 2.75) is 33.7 Å². The average Bonchev–Trinajstić information content (AvgIpc) is 2.58. The third kappa shape index (κ3) is 2.48. The van der Waals surface area contributed by atoms with Crippen molar-refractivity contribution in [1.29, 1.82) is 0 Å². The minimum atomic E-state index is 0.699. The molecule has 1 aromatic carbocycles. The second-order valence-electron chi connectivity index (χ2n) is 4.45. The van der Waals surface area contributed by atoms with E-state index in [1.807, 2.05) is 13.0 Å². The van der Waals surface area contributed by atoms with Crippen molar-refractivity contribution in [3.8, 4) is 0 Å². The number of fused-ring (bicyclic) bond motifs is 1. The lowest BCUT2D eigenvalue weighted by molar-refractivity contribution is 0.510. The summed E-state index contributed by atoms with van der Waals surface area (Å²) in [6.07, 6.45) is 1.12. The molecule has 0 amide bonds. The Morgan fingerprint density at radius 3 is 2.76 bits per heavy atom. The summed E-state index contributed by atoms with van der Waals surface area (Å²) in [7, 11) is 0. The standard InChI is InChI=1S/C14H18ClNO/c1-4-5-16-8-13-10(3)11-6-9(2)7-12(15)14(11)17-13/h6-7,16H,4-5,8H2,1-3H3. The number of aryl methyl sites for hydroxylation is 2. The predicted octanol–water partition coefficient (Wildman–Crippen LogP) is 4.20. The number of rotatable bonds is 4. The van der Waals surface area contributed by atoms with Gasteiger partial charge in [-0.05, 0) is 50.1 Å². The van der Waals surface area contributed by atoms with Gasteiger partial charge in [-0.25, -0.2) is 0 Å². The van der Waals surface area contributed by atoms with Crippen molar-refractivity contribution in [1.82, 2.24) is 5.32 Å². The predicted molar refractivity (Wildman–Crippen MR) is 72.7 cm³/mol. The van der Waals surface area contributed by atoms with Gasteiger partial charge in [-0.3, -0.25) is 0 Å². The van der Waals surface area contributed by atoms with Crippen LogP contribution in [0, 0.1) is 13.8 Å². The van der Waals surface area contributed by atoms with Gasteiger partial charge in [-0.15, -0.1) is 0 Å². The zero-order valence-electron chi connectivity index (χ0n) is 10.6. The molecule has 2 rings (SSSR count). The van der Waals surface area contributed by atoms with Crippen molar-refractivity contribution in [3.05, 3.63) is 34.0 Å². The molecule has 1 aromatic heterocycles. The van der Waals surface area contributed by atoms with Gasteiger partial charge in [-0.2, -0.15) is 0 Å². The first-order valence-corrected chi connectivity index (χ1v) is 6.40. The lowest BCUT2D eigenvalue weighted by Gasteiger charge is -2.00. The number of furan rings is 1. The van der Waals surface area contributed by atoms with E-state index in [2.05, 4.69) is 25.2 Å². The number of hydrogen-bond donors (Lipinski definition) is 1. The van der Waals surface area contributed by atoms with Crippen molar-refractivity contribution in [2.75, 3.05) is 6.54 Å². The van der Waals surface area contributed by atoms with Crippen LogP contribution in [0.25, 0.3) is 11.0 Å². The first kappa shape index (κ1) is 12.5. The molecular weight excluding hydrogens is 234 g/mol. The minimum Gasteiger partial charge on any atom is -0.458 e. The molecule has 0 saturated carbocycles. The Kier molecular flexibility index (Phi) is 3.75. The maximum Gasteiger partial charge on any atom is 0.153 e. The average molecular weight is 252 g/mol. The van der Waals surface area contributed by atoms with Gasteiger partial charge >= 0.3 is 0 Å². The van der Waals surface area contributed by atoms with Gasteiger partial charge in [0.1, 0.15) is 5.76 Å². The van der Waals surface area contributed by atoms with Gasteiger partial charge in [-0.1, -0.05) is 18.5 Å². The largest absolute Gasteiger partial charge is 0.458 e. The van der Waals surface area contributed by atoms with Gasteiger partial charge in [0.2, 0.25) is 0 Å². The van der Waals surface area contributed by atoms with Gasteiger partial charge in [0.15, 0.2) is 5.58 Å². The quantitative estimate of drug-likeness (QED) is 0.824. The second kappa shape index (κ2) is 5.11. The molecule has 17 heavy (non-hydrogen) atoms. The van der Waals surface area contributed by atoms with Crippen LogP contribution in [0.2, 0.25) is 5.02 Å². The SMILES string of the molecule is CCCNCc1oc2c(Cl)cc(C)cc2c1C. The Labute approximate surface area is 107 Å². The lowest BCUT2D eigenvalue weighted by Crippen LogP contribution is -2.13. The van der Waals surface area contributed by atoms with Crippen molar-refractivity contribution in [2.24, 2.45) is 0 Å². The zero-order chi connectivity index (χ0) is 12.4. The highest BCUT2D eigenvalue weighted by atomic mass is 35.5. The van der Waals surface area contributed by atoms with Crippen LogP contribution in [-0.2, 0) is 6.54 Å². The maximum atomic E-state index is 6.19. The van der Waals surface area contributed by atoms with Gasteiger partial charge in [0, 0.05) is 5.39 Å². The molecule has 1 N–H and O–H groups in total. The molecular formula is C14H18ClNO. The summed E-state index contributed by atoms with van der Waals surface area (Å²) in [4.78, 5) is 0. The van der Waals surface area contributed by atoms with E-state index >= 15 is 0 Å². The van der Waals surface area contributed by atoms with E-state index in [4.69, 9.17) is 16.0 Å². The summed E-state index contributed by atoms with van der Waals surface area (Å²) in [6, 6.07) is 4.07. The molecule has 0 aliphatic rings.